The van der Waals surface area contributed by atoms with Crippen molar-refractivity contribution in [1.82, 2.24) is 0 Å². The molecule has 2 saturated carbocycles. The van der Waals surface area contributed by atoms with Gasteiger partial charge < -0.3 is 10.2 Å². The summed E-state index contributed by atoms with van der Waals surface area (Å²) in [6.07, 6.45) is 6.08. The second-order valence-electron chi connectivity index (χ2n) is 5.67. The Labute approximate surface area is 86.3 Å². The summed E-state index contributed by atoms with van der Waals surface area (Å²) in [5.41, 5.74) is 0.140. The van der Waals surface area contributed by atoms with Crippen molar-refractivity contribution in [3.63, 3.8) is 0 Å². The third kappa shape index (κ3) is 1.70. The van der Waals surface area contributed by atoms with Gasteiger partial charge in [0.1, 0.15) is 0 Å². The van der Waals surface area contributed by atoms with E-state index in [1.54, 1.807) is 0 Å². The molecule has 0 aromatic carbocycles. The number of aliphatic hydroxyl groups excluding tert-OH is 2. The normalized spacial score (nSPS) is 47.8. The molecule has 2 heteroatoms. The van der Waals surface area contributed by atoms with E-state index in [0.717, 1.165) is 12.8 Å². The molecule has 0 heterocycles. The lowest BCUT2D eigenvalue weighted by Crippen LogP contribution is -2.43. The van der Waals surface area contributed by atoms with Gasteiger partial charge >= 0.3 is 0 Å². The summed E-state index contributed by atoms with van der Waals surface area (Å²) < 4.78 is 0. The van der Waals surface area contributed by atoms with Crippen LogP contribution in [0.2, 0.25) is 0 Å². The highest BCUT2D eigenvalue weighted by molar-refractivity contribution is 4.94. The molecule has 0 aromatic heterocycles. The summed E-state index contributed by atoms with van der Waals surface area (Å²) in [6, 6.07) is 0. The van der Waals surface area contributed by atoms with E-state index in [1.165, 1.54) is 19.3 Å². The molecule has 0 saturated heterocycles. The zero-order valence-electron chi connectivity index (χ0n) is 9.08. The Balaban J connectivity index is 2.11. The summed E-state index contributed by atoms with van der Waals surface area (Å²) in [5, 5.41) is 18.8. The van der Waals surface area contributed by atoms with Gasteiger partial charge in [-0.15, -0.1) is 0 Å². The molecule has 2 nitrogen and oxygen atoms in total. The Bertz CT molecular complexity index is 188. The molecule has 2 aliphatic rings. The predicted octanol–water partition coefficient (Wildman–Crippen LogP) is 1.80. The van der Waals surface area contributed by atoms with Crippen LogP contribution in [0.1, 0.15) is 39.0 Å². The Morgan fingerprint density at radius 1 is 1.14 bits per heavy atom. The molecule has 2 aliphatic carbocycles. The van der Waals surface area contributed by atoms with Crippen molar-refractivity contribution in [3.05, 3.63) is 0 Å². The average molecular weight is 198 g/mol. The summed E-state index contributed by atoms with van der Waals surface area (Å²) in [5.74, 6) is 1.87. The molecule has 0 spiro atoms. The summed E-state index contributed by atoms with van der Waals surface area (Å²) in [4.78, 5) is 0. The SMILES string of the molecule is CC1(CO)CC2CCCC(C1)C2CO. The van der Waals surface area contributed by atoms with E-state index in [2.05, 4.69) is 6.92 Å². The number of rotatable bonds is 2. The first-order valence-corrected chi connectivity index (χ1v) is 5.90. The molecule has 0 aliphatic heterocycles. The summed E-state index contributed by atoms with van der Waals surface area (Å²) >= 11 is 0. The van der Waals surface area contributed by atoms with Gasteiger partial charge in [-0.3, -0.25) is 0 Å². The van der Waals surface area contributed by atoms with E-state index >= 15 is 0 Å². The fourth-order valence-corrected chi connectivity index (χ4v) is 3.74. The molecule has 0 radical (unpaired) electrons. The van der Waals surface area contributed by atoms with E-state index in [4.69, 9.17) is 0 Å². The van der Waals surface area contributed by atoms with E-state index < -0.39 is 0 Å². The third-order valence-corrected chi connectivity index (χ3v) is 4.46. The Kier molecular flexibility index (Phi) is 2.85. The van der Waals surface area contributed by atoms with Crippen LogP contribution in [0.15, 0.2) is 0 Å². The molecule has 2 bridgehead atoms. The molecule has 2 unspecified atom stereocenters. The van der Waals surface area contributed by atoms with Crippen LogP contribution in [0.25, 0.3) is 0 Å². The van der Waals surface area contributed by atoms with Crippen LogP contribution < -0.4 is 0 Å². The van der Waals surface area contributed by atoms with Crippen molar-refractivity contribution in [2.24, 2.45) is 23.2 Å². The molecule has 82 valence electrons. The minimum atomic E-state index is 0.140. The number of fused-ring (bicyclic) bond motifs is 2. The fraction of sp³-hybridized carbons (Fsp3) is 1.00. The van der Waals surface area contributed by atoms with Crippen LogP contribution in [0, 0.1) is 23.2 Å². The number of hydrogen-bond donors (Lipinski definition) is 2. The molecule has 2 atom stereocenters. The van der Waals surface area contributed by atoms with Gasteiger partial charge in [0.2, 0.25) is 0 Å². The van der Waals surface area contributed by atoms with Crippen LogP contribution >= 0.6 is 0 Å². The van der Waals surface area contributed by atoms with Crippen molar-refractivity contribution < 1.29 is 10.2 Å². The summed E-state index contributed by atoms with van der Waals surface area (Å²) in [7, 11) is 0. The Morgan fingerprint density at radius 3 is 2.14 bits per heavy atom. The lowest BCUT2D eigenvalue weighted by molar-refractivity contribution is -0.0425. The number of aliphatic hydroxyl groups is 2. The largest absolute Gasteiger partial charge is 0.396 e. The van der Waals surface area contributed by atoms with Gasteiger partial charge in [0.05, 0.1) is 0 Å². The molecular weight excluding hydrogens is 176 g/mol. The first kappa shape index (κ1) is 10.4. The zero-order valence-corrected chi connectivity index (χ0v) is 9.08. The summed E-state index contributed by atoms with van der Waals surface area (Å²) in [6.45, 7) is 2.88. The van der Waals surface area contributed by atoms with Crippen molar-refractivity contribution in [2.75, 3.05) is 13.2 Å². The van der Waals surface area contributed by atoms with Crippen LogP contribution in [-0.4, -0.2) is 23.4 Å². The van der Waals surface area contributed by atoms with Gasteiger partial charge in [-0.1, -0.05) is 26.2 Å². The topological polar surface area (TPSA) is 40.5 Å². The standard InChI is InChI=1S/C12H22O2/c1-12(8-14)5-9-3-2-4-10(6-12)11(9)7-13/h9-11,13-14H,2-8H2,1H3. The van der Waals surface area contributed by atoms with Gasteiger partial charge in [0.15, 0.2) is 0 Å². The smallest absolute Gasteiger partial charge is 0.0484 e. The average Bonchev–Trinajstić information content (AvgIpc) is 2.16. The molecule has 2 fully saturated rings. The van der Waals surface area contributed by atoms with Crippen LogP contribution in [0.5, 0.6) is 0 Å². The fourth-order valence-electron chi connectivity index (χ4n) is 3.74. The van der Waals surface area contributed by atoms with Crippen LogP contribution in [0.4, 0.5) is 0 Å². The maximum absolute atomic E-state index is 9.40. The third-order valence-electron chi connectivity index (χ3n) is 4.46. The van der Waals surface area contributed by atoms with Crippen molar-refractivity contribution in [3.8, 4) is 0 Å². The number of hydrogen-bond acceptors (Lipinski definition) is 2. The molecule has 0 amide bonds. The minimum absolute atomic E-state index is 0.140. The Hall–Kier alpha value is -0.0800. The lowest BCUT2D eigenvalue weighted by atomic mass is 9.57. The van der Waals surface area contributed by atoms with Crippen LogP contribution in [0.3, 0.4) is 0 Å². The van der Waals surface area contributed by atoms with E-state index in [1.807, 2.05) is 0 Å². The second-order valence-corrected chi connectivity index (χ2v) is 5.67. The van der Waals surface area contributed by atoms with Crippen LogP contribution in [-0.2, 0) is 0 Å². The predicted molar refractivity (Wildman–Crippen MR) is 55.8 cm³/mol. The maximum atomic E-state index is 9.40. The van der Waals surface area contributed by atoms with Crippen molar-refractivity contribution in [2.45, 2.75) is 39.0 Å². The second kappa shape index (κ2) is 3.82. The zero-order chi connectivity index (χ0) is 10.2. The van der Waals surface area contributed by atoms with E-state index in [9.17, 15) is 10.2 Å². The maximum Gasteiger partial charge on any atom is 0.0484 e. The quantitative estimate of drug-likeness (QED) is 0.710. The first-order valence-electron chi connectivity index (χ1n) is 5.90. The van der Waals surface area contributed by atoms with Gasteiger partial charge in [0.25, 0.3) is 0 Å². The molecule has 2 N–H and O–H groups in total. The van der Waals surface area contributed by atoms with E-state index in [-0.39, 0.29) is 5.41 Å². The highest BCUT2D eigenvalue weighted by Gasteiger charge is 2.44. The van der Waals surface area contributed by atoms with Crippen molar-refractivity contribution in [1.29, 1.82) is 0 Å². The first-order chi connectivity index (χ1) is 6.68. The Morgan fingerprint density at radius 2 is 1.71 bits per heavy atom. The van der Waals surface area contributed by atoms with Gasteiger partial charge in [-0.05, 0) is 36.0 Å². The molecule has 0 aromatic rings. The molecular formula is C12H22O2. The highest BCUT2D eigenvalue weighted by atomic mass is 16.3. The minimum Gasteiger partial charge on any atom is -0.396 e. The van der Waals surface area contributed by atoms with Gasteiger partial charge in [-0.2, -0.15) is 0 Å². The molecule has 14 heavy (non-hydrogen) atoms. The monoisotopic (exact) mass is 198 g/mol. The highest BCUT2D eigenvalue weighted by Crippen LogP contribution is 2.51. The lowest BCUT2D eigenvalue weighted by Gasteiger charge is -2.49. The van der Waals surface area contributed by atoms with Crippen molar-refractivity contribution >= 4 is 0 Å². The van der Waals surface area contributed by atoms with Gasteiger partial charge in [0, 0.05) is 13.2 Å². The van der Waals surface area contributed by atoms with E-state index in [0.29, 0.717) is 31.0 Å². The molecule has 2 rings (SSSR count). The van der Waals surface area contributed by atoms with Gasteiger partial charge in [-0.25, -0.2) is 0 Å².